The second-order valence-corrected chi connectivity index (χ2v) is 6.44. The lowest BCUT2D eigenvalue weighted by atomic mass is 10.1. The summed E-state index contributed by atoms with van der Waals surface area (Å²) < 4.78 is 14.4. The van der Waals surface area contributed by atoms with E-state index in [2.05, 4.69) is 4.99 Å². The second kappa shape index (κ2) is 7.12. The average Bonchev–Trinajstić information content (AvgIpc) is 2.71. The molecule has 4 nitrogen and oxygen atoms in total. The molecule has 3 aromatic carbocycles. The number of benzene rings is 3. The highest BCUT2D eigenvalue weighted by Crippen LogP contribution is 2.27. The smallest absolute Gasteiger partial charge is 0.265 e. The zero-order valence-electron chi connectivity index (χ0n) is 15.1. The van der Waals surface area contributed by atoms with Crippen LogP contribution in [-0.4, -0.2) is 15.9 Å². The van der Waals surface area contributed by atoms with Crippen LogP contribution in [0.5, 0.6) is 5.88 Å². The lowest BCUT2D eigenvalue weighted by Gasteiger charge is -2.15. The van der Waals surface area contributed by atoms with Crippen LogP contribution in [0.3, 0.4) is 0 Å². The van der Waals surface area contributed by atoms with Gasteiger partial charge in [0.25, 0.3) is 5.56 Å². The van der Waals surface area contributed by atoms with Gasteiger partial charge in [-0.05, 0) is 48.9 Å². The number of hydrogen-bond donors (Lipinski definition) is 1. The van der Waals surface area contributed by atoms with Gasteiger partial charge in [-0.15, -0.1) is 0 Å². The molecule has 0 unspecified atom stereocenters. The van der Waals surface area contributed by atoms with Gasteiger partial charge >= 0.3 is 0 Å². The fourth-order valence-corrected chi connectivity index (χ4v) is 3.19. The number of fused-ring (bicyclic) bond motifs is 1. The van der Waals surface area contributed by atoms with E-state index < -0.39 is 0 Å². The lowest BCUT2D eigenvalue weighted by Crippen LogP contribution is -2.20. The Kier molecular flexibility index (Phi) is 4.49. The third-order valence-electron chi connectivity index (χ3n) is 4.63. The summed E-state index contributed by atoms with van der Waals surface area (Å²) >= 11 is 0. The summed E-state index contributed by atoms with van der Waals surface area (Å²) in [6.45, 7) is 1.88. The van der Waals surface area contributed by atoms with Crippen LogP contribution in [0, 0.1) is 12.7 Å². The molecule has 4 aromatic rings. The van der Waals surface area contributed by atoms with Crippen LogP contribution in [0.2, 0.25) is 0 Å². The molecular weight excluding hydrogens is 355 g/mol. The van der Waals surface area contributed by atoms with Crippen molar-refractivity contribution in [3.8, 4) is 11.6 Å². The molecule has 0 aliphatic carbocycles. The molecule has 1 aromatic heterocycles. The van der Waals surface area contributed by atoms with Crippen molar-refractivity contribution < 1.29 is 9.50 Å². The molecule has 0 saturated carbocycles. The fourth-order valence-electron chi connectivity index (χ4n) is 3.19. The Labute approximate surface area is 160 Å². The minimum atomic E-state index is -0.347. The Balaban J connectivity index is 1.99. The Morgan fingerprint density at radius 1 is 0.929 bits per heavy atom. The minimum Gasteiger partial charge on any atom is -0.494 e. The molecule has 0 aliphatic rings. The number of pyridine rings is 1. The standard InChI is InChI=1S/C23H17FN2O2/c1-15-6-2-5-9-21(15)26-22(27)19-8-4-3-7-18(19)20(23(26)28)14-25-17-12-10-16(24)11-13-17/h2-14,28H,1H3. The number of rotatable bonds is 3. The molecular formula is C23H17FN2O2. The predicted octanol–water partition coefficient (Wildman–Crippen LogP) is 4.89. The van der Waals surface area contributed by atoms with Crippen molar-refractivity contribution in [3.05, 3.63) is 100 Å². The molecule has 138 valence electrons. The van der Waals surface area contributed by atoms with Crippen LogP contribution in [0.25, 0.3) is 16.5 Å². The van der Waals surface area contributed by atoms with E-state index in [1.807, 2.05) is 25.1 Å². The van der Waals surface area contributed by atoms with Gasteiger partial charge in [0.05, 0.1) is 16.9 Å². The summed E-state index contributed by atoms with van der Waals surface area (Å²) in [7, 11) is 0. The SMILES string of the molecule is Cc1ccccc1-n1c(O)c(C=Nc2ccc(F)cc2)c2ccccc2c1=O. The van der Waals surface area contributed by atoms with Gasteiger partial charge in [-0.1, -0.05) is 36.4 Å². The minimum absolute atomic E-state index is 0.191. The number of para-hydroxylation sites is 1. The van der Waals surface area contributed by atoms with E-state index in [4.69, 9.17) is 0 Å². The molecule has 0 saturated heterocycles. The van der Waals surface area contributed by atoms with Crippen molar-refractivity contribution in [3.63, 3.8) is 0 Å². The van der Waals surface area contributed by atoms with Gasteiger partial charge in [-0.3, -0.25) is 9.79 Å². The van der Waals surface area contributed by atoms with E-state index in [1.165, 1.54) is 22.9 Å². The van der Waals surface area contributed by atoms with Crippen molar-refractivity contribution in [2.45, 2.75) is 6.92 Å². The molecule has 0 fully saturated rings. The highest BCUT2D eigenvalue weighted by atomic mass is 19.1. The van der Waals surface area contributed by atoms with Crippen molar-refractivity contribution in [2.24, 2.45) is 4.99 Å². The molecule has 28 heavy (non-hydrogen) atoms. The Hall–Kier alpha value is -3.73. The van der Waals surface area contributed by atoms with Crippen molar-refractivity contribution in [1.82, 2.24) is 4.57 Å². The summed E-state index contributed by atoms with van der Waals surface area (Å²) in [4.78, 5) is 17.4. The number of aromatic hydroxyl groups is 1. The summed E-state index contributed by atoms with van der Waals surface area (Å²) in [5.74, 6) is -0.538. The topological polar surface area (TPSA) is 54.6 Å². The van der Waals surface area contributed by atoms with E-state index in [0.717, 1.165) is 5.56 Å². The van der Waals surface area contributed by atoms with E-state index >= 15 is 0 Å². The van der Waals surface area contributed by atoms with E-state index in [0.29, 0.717) is 27.7 Å². The number of aryl methyl sites for hydroxylation is 1. The zero-order chi connectivity index (χ0) is 19.7. The predicted molar refractivity (Wildman–Crippen MR) is 110 cm³/mol. The summed E-state index contributed by atoms with van der Waals surface area (Å²) in [5, 5.41) is 12.1. The van der Waals surface area contributed by atoms with Gasteiger partial charge in [-0.2, -0.15) is 0 Å². The van der Waals surface area contributed by atoms with Crippen LogP contribution in [0.15, 0.2) is 82.6 Å². The quantitative estimate of drug-likeness (QED) is 0.520. The normalized spacial score (nSPS) is 11.4. The van der Waals surface area contributed by atoms with Crippen LogP contribution in [0.4, 0.5) is 10.1 Å². The third kappa shape index (κ3) is 3.07. The molecule has 0 radical (unpaired) electrons. The molecule has 4 rings (SSSR count). The molecule has 0 atom stereocenters. The molecule has 5 heteroatoms. The number of halogens is 1. The summed E-state index contributed by atoms with van der Waals surface area (Å²) in [5.41, 5.74) is 2.12. The Bertz CT molecular complexity index is 1260. The monoisotopic (exact) mass is 372 g/mol. The first-order valence-corrected chi connectivity index (χ1v) is 8.78. The van der Waals surface area contributed by atoms with Crippen LogP contribution >= 0.6 is 0 Å². The van der Waals surface area contributed by atoms with Crippen molar-refractivity contribution in [2.75, 3.05) is 0 Å². The number of aromatic nitrogens is 1. The van der Waals surface area contributed by atoms with Gasteiger partial charge in [0.1, 0.15) is 5.82 Å². The van der Waals surface area contributed by atoms with Crippen LogP contribution < -0.4 is 5.56 Å². The van der Waals surface area contributed by atoms with Gasteiger partial charge in [0, 0.05) is 17.0 Å². The maximum absolute atomic E-state index is 13.1. The maximum Gasteiger partial charge on any atom is 0.265 e. The van der Waals surface area contributed by atoms with Crippen molar-refractivity contribution in [1.29, 1.82) is 0 Å². The maximum atomic E-state index is 13.1. The first-order valence-electron chi connectivity index (χ1n) is 8.78. The Morgan fingerprint density at radius 2 is 1.57 bits per heavy atom. The first kappa shape index (κ1) is 17.7. The van der Waals surface area contributed by atoms with Gasteiger partial charge < -0.3 is 5.11 Å². The molecule has 0 spiro atoms. The summed E-state index contributed by atoms with van der Waals surface area (Å²) in [6, 6.07) is 20.1. The zero-order valence-corrected chi connectivity index (χ0v) is 15.1. The van der Waals surface area contributed by atoms with Crippen molar-refractivity contribution >= 4 is 22.7 Å². The van der Waals surface area contributed by atoms with Gasteiger partial charge in [0.15, 0.2) is 0 Å². The average molecular weight is 372 g/mol. The van der Waals surface area contributed by atoms with E-state index in [-0.39, 0.29) is 17.3 Å². The van der Waals surface area contributed by atoms with Crippen LogP contribution in [-0.2, 0) is 0 Å². The van der Waals surface area contributed by atoms with E-state index in [9.17, 15) is 14.3 Å². The molecule has 1 N–H and O–H groups in total. The highest BCUT2D eigenvalue weighted by molar-refractivity contribution is 6.02. The van der Waals surface area contributed by atoms with Crippen LogP contribution in [0.1, 0.15) is 11.1 Å². The summed E-state index contributed by atoms with van der Waals surface area (Å²) in [6.07, 6.45) is 1.50. The van der Waals surface area contributed by atoms with E-state index in [1.54, 1.807) is 42.5 Å². The number of aliphatic imine (C=N–C) groups is 1. The van der Waals surface area contributed by atoms with Gasteiger partial charge in [0.2, 0.25) is 5.88 Å². The number of nitrogens with zero attached hydrogens (tertiary/aromatic N) is 2. The molecule has 0 amide bonds. The molecule has 1 heterocycles. The lowest BCUT2D eigenvalue weighted by molar-refractivity contribution is 0.436. The second-order valence-electron chi connectivity index (χ2n) is 6.44. The Morgan fingerprint density at radius 3 is 2.29 bits per heavy atom. The first-order chi connectivity index (χ1) is 13.6. The fraction of sp³-hybridized carbons (Fsp3) is 0.0435. The third-order valence-corrected chi connectivity index (χ3v) is 4.63. The molecule has 0 bridgehead atoms. The highest BCUT2D eigenvalue weighted by Gasteiger charge is 2.17. The molecule has 0 aliphatic heterocycles. The van der Waals surface area contributed by atoms with Gasteiger partial charge in [-0.25, -0.2) is 8.96 Å². The largest absolute Gasteiger partial charge is 0.494 e. The number of hydrogen-bond acceptors (Lipinski definition) is 3.